The Bertz CT molecular complexity index is 916. The maximum absolute atomic E-state index is 13.3. The zero-order valence-corrected chi connectivity index (χ0v) is 21.1. The number of ether oxygens (including phenoxy) is 1. The van der Waals surface area contributed by atoms with Crippen LogP contribution in [0.15, 0.2) is 12.1 Å². The quantitative estimate of drug-likeness (QED) is 0.555. The number of morpholine rings is 1. The van der Waals surface area contributed by atoms with Gasteiger partial charge in [-0.1, -0.05) is 38.8 Å². The van der Waals surface area contributed by atoms with E-state index in [2.05, 4.69) is 4.72 Å². The van der Waals surface area contributed by atoms with Gasteiger partial charge in [-0.25, -0.2) is 13.1 Å². The maximum Gasteiger partial charge on any atom is 0.245 e. The van der Waals surface area contributed by atoms with Gasteiger partial charge in [0, 0.05) is 30.4 Å². The van der Waals surface area contributed by atoms with Crippen molar-refractivity contribution in [3.63, 3.8) is 0 Å². The molecule has 32 heavy (non-hydrogen) atoms. The molecule has 4 atom stereocenters. The molecule has 3 heterocycles. The zero-order chi connectivity index (χ0) is 23.5. The largest absolute Gasteiger partial charge is 0.378 e. The number of sulfonamides is 1. The van der Waals surface area contributed by atoms with Gasteiger partial charge in [-0.3, -0.25) is 9.59 Å². The van der Waals surface area contributed by atoms with Crippen molar-refractivity contribution in [2.24, 2.45) is 5.92 Å². The number of carbonyl (C=O) groups is 2. The van der Waals surface area contributed by atoms with Crippen LogP contribution in [0.3, 0.4) is 0 Å². The van der Waals surface area contributed by atoms with Gasteiger partial charge in [-0.15, -0.1) is 11.3 Å². The highest BCUT2D eigenvalue weighted by Gasteiger charge is 2.43. The van der Waals surface area contributed by atoms with E-state index in [1.165, 1.54) is 11.3 Å². The molecule has 180 valence electrons. The number of carbonyl (C=O) groups excluding carboxylic acids is 2. The maximum atomic E-state index is 13.3. The summed E-state index contributed by atoms with van der Waals surface area (Å²) in [6.45, 7) is 8.12. The van der Waals surface area contributed by atoms with Crippen LogP contribution in [0.1, 0.15) is 44.4 Å². The summed E-state index contributed by atoms with van der Waals surface area (Å²) >= 11 is 7.32. The van der Waals surface area contributed by atoms with E-state index in [1.54, 1.807) is 15.9 Å². The van der Waals surface area contributed by atoms with Crippen LogP contribution in [-0.4, -0.2) is 80.7 Å². The first kappa shape index (κ1) is 25.4. The topological polar surface area (TPSA) is 96.0 Å². The van der Waals surface area contributed by atoms with Crippen LogP contribution in [0, 0.1) is 5.92 Å². The van der Waals surface area contributed by atoms with Gasteiger partial charge >= 0.3 is 0 Å². The molecule has 1 N–H and O–H groups in total. The Morgan fingerprint density at radius 2 is 1.97 bits per heavy atom. The smallest absolute Gasteiger partial charge is 0.245 e. The second-order valence-corrected chi connectivity index (χ2v) is 12.1. The first-order chi connectivity index (χ1) is 15.1. The number of amides is 2. The molecule has 0 radical (unpaired) electrons. The fourth-order valence-electron chi connectivity index (χ4n) is 4.23. The normalized spacial score (nSPS) is 22.8. The van der Waals surface area contributed by atoms with Crippen LogP contribution in [0.4, 0.5) is 0 Å². The van der Waals surface area contributed by atoms with Gasteiger partial charge in [0.15, 0.2) is 0 Å². The number of thiophene rings is 1. The van der Waals surface area contributed by atoms with Crippen LogP contribution in [-0.2, 0) is 24.3 Å². The second kappa shape index (κ2) is 10.8. The Morgan fingerprint density at radius 1 is 1.28 bits per heavy atom. The molecule has 3 rings (SSSR count). The molecule has 8 nitrogen and oxygen atoms in total. The molecule has 4 unspecified atom stereocenters. The molecule has 2 amide bonds. The van der Waals surface area contributed by atoms with Crippen molar-refractivity contribution >= 4 is 44.8 Å². The molecule has 0 aromatic carbocycles. The Hall–Kier alpha value is -1.20. The number of rotatable bonds is 9. The molecule has 0 saturated carbocycles. The Labute approximate surface area is 199 Å². The predicted octanol–water partition coefficient (Wildman–Crippen LogP) is 2.30. The minimum absolute atomic E-state index is 0.0340. The van der Waals surface area contributed by atoms with Gasteiger partial charge in [0.25, 0.3) is 0 Å². The van der Waals surface area contributed by atoms with E-state index in [4.69, 9.17) is 16.3 Å². The van der Waals surface area contributed by atoms with Gasteiger partial charge in [0.05, 0.1) is 23.3 Å². The summed E-state index contributed by atoms with van der Waals surface area (Å²) < 4.78 is 34.1. The van der Waals surface area contributed by atoms with Crippen molar-refractivity contribution in [1.29, 1.82) is 0 Å². The number of nitrogens with zero attached hydrogens (tertiary/aromatic N) is 2. The third kappa shape index (κ3) is 6.02. The van der Waals surface area contributed by atoms with E-state index in [0.29, 0.717) is 43.6 Å². The van der Waals surface area contributed by atoms with Gasteiger partial charge in [-0.2, -0.15) is 0 Å². The molecule has 2 aliphatic rings. The van der Waals surface area contributed by atoms with Gasteiger partial charge < -0.3 is 14.5 Å². The summed E-state index contributed by atoms with van der Waals surface area (Å²) in [6.07, 6.45) is 1.09. The second-order valence-electron chi connectivity index (χ2n) is 8.58. The molecule has 2 aliphatic heterocycles. The molecule has 2 fully saturated rings. The van der Waals surface area contributed by atoms with Gasteiger partial charge in [0.1, 0.15) is 12.1 Å². The number of hydrogen-bond acceptors (Lipinski definition) is 6. The number of halogens is 1. The molecule has 1 aromatic heterocycles. The van der Waals surface area contributed by atoms with E-state index in [-0.39, 0.29) is 29.4 Å². The highest BCUT2D eigenvalue weighted by Crippen LogP contribution is 2.29. The molecule has 0 bridgehead atoms. The van der Waals surface area contributed by atoms with Gasteiger partial charge in [0.2, 0.25) is 21.8 Å². The lowest BCUT2D eigenvalue weighted by atomic mass is 9.96. The van der Waals surface area contributed by atoms with E-state index in [0.717, 1.165) is 11.3 Å². The lowest BCUT2D eigenvalue weighted by molar-refractivity contribution is -0.149. The van der Waals surface area contributed by atoms with E-state index >= 15 is 0 Å². The highest BCUT2D eigenvalue weighted by atomic mass is 35.5. The predicted molar refractivity (Wildman–Crippen MR) is 125 cm³/mol. The van der Waals surface area contributed by atoms with Crippen molar-refractivity contribution < 1.29 is 22.7 Å². The van der Waals surface area contributed by atoms with Crippen molar-refractivity contribution in [3.8, 4) is 0 Å². The minimum atomic E-state index is -3.70. The summed E-state index contributed by atoms with van der Waals surface area (Å²) in [4.78, 5) is 30.6. The van der Waals surface area contributed by atoms with Gasteiger partial charge in [-0.05, 0) is 24.5 Å². The molecule has 0 aliphatic carbocycles. The molecular formula is C21H32ClN3O5S2. The average Bonchev–Trinajstić information content (AvgIpc) is 3.34. The molecule has 11 heteroatoms. The van der Waals surface area contributed by atoms with E-state index < -0.39 is 22.1 Å². The summed E-state index contributed by atoms with van der Waals surface area (Å²) in [5, 5.41) is 0. The van der Waals surface area contributed by atoms with Crippen molar-refractivity contribution in [3.05, 3.63) is 21.3 Å². The molecular weight excluding hydrogens is 474 g/mol. The van der Waals surface area contributed by atoms with E-state index in [1.807, 2.05) is 26.8 Å². The Balaban J connectivity index is 1.67. The molecule has 1 aromatic rings. The van der Waals surface area contributed by atoms with Crippen LogP contribution < -0.4 is 4.72 Å². The highest BCUT2D eigenvalue weighted by molar-refractivity contribution is 7.89. The van der Waals surface area contributed by atoms with Crippen molar-refractivity contribution in [2.45, 2.75) is 51.6 Å². The lowest BCUT2D eigenvalue weighted by Gasteiger charge is -2.37. The average molecular weight is 506 g/mol. The van der Waals surface area contributed by atoms with Crippen LogP contribution in [0.5, 0.6) is 0 Å². The molecule has 0 spiro atoms. The van der Waals surface area contributed by atoms with Crippen molar-refractivity contribution in [1.82, 2.24) is 14.5 Å². The standard InChI is InChI=1S/C21H32ClN3O5S2/c1-4-14(2)19(21(27)24-9-11-30-12-10-24)25-8-7-16(20(25)26)23-32(28,29)13-15(3)17-5-6-18(22)31-17/h5-6,14-16,19,23H,4,7-13H2,1-3H3. The zero-order valence-electron chi connectivity index (χ0n) is 18.8. The van der Waals surface area contributed by atoms with Crippen molar-refractivity contribution in [2.75, 3.05) is 38.6 Å². The van der Waals surface area contributed by atoms with E-state index in [9.17, 15) is 18.0 Å². The Kier molecular flexibility index (Phi) is 8.59. The summed E-state index contributed by atoms with van der Waals surface area (Å²) in [5.41, 5.74) is 0. The summed E-state index contributed by atoms with van der Waals surface area (Å²) in [7, 11) is -3.70. The summed E-state index contributed by atoms with van der Waals surface area (Å²) in [5.74, 6) is -0.814. The number of nitrogens with one attached hydrogen (secondary N) is 1. The van der Waals surface area contributed by atoms with Crippen LogP contribution in [0.25, 0.3) is 0 Å². The molecule has 2 saturated heterocycles. The first-order valence-corrected chi connectivity index (χ1v) is 13.9. The minimum Gasteiger partial charge on any atom is -0.378 e. The fourth-order valence-corrected chi connectivity index (χ4v) is 7.04. The number of hydrogen-bond donors (Lipinski definition) is 1. The SMILES string of the molecule is CCC(C)C(C(=O)N1CCOCC1)N1CCC(NS(=O)(=O)CC(C)c2ccc(Cl)s2)C1=O. The Morgan fingerprint density at radius 3 is 2.56 bits per heavy atom. The third-order valence-electron chi connectivity index (χ3n) is 6.21. The first-order valence-electron chi connectivity index (χ1n) is 11.0. The van der Waals surface area contributed by atoms with Crippen LogP contribution in [0.2, 0.25) is 4.34 Å². The fraction of sp³-hybridized carbons (Fsp3) is 0.714. The van der Waals surface area contributed by atoms with Crippen LogP contribution >= 0.6 is 22.9 Å². The lowest BCUT2D eigenvalue weighted by Crippen LogP contribution is -2.56. The monoisotopic (exact) mass is 505 g/mol. The summed E-state index contributed by atoms with van der Waals surface area (Å²) in [6, 6.07) is 2.14. The number of likely N-dealkylation sites (tertiary alicyclic amines) is 1. The third-order valence-corrected chi connectivity index (χ3v) is 9.25.